The lowest BCUT2D eigenvalue weighted by Gasteiger charge is -2.23. The average Bonchev–Trinajstić information content (AvgIpc) is 3.12. The van der Waals surface area contributed by atoms with Crippen molar-refractivity contribution in [3.8, 4) is 11.5 Å². The third kappa shape index (κ3) is 1.75. The van der Waals surface area contributed by atoms with Crippen molar-refractivity contribution in [3.05, 3.63) is 23.0 Å². The van der Waals surface area contributed by atoms with Gasteiger partial charge in [-0.05, 0) is 43.9 Å². The Labute approximate surface area is 107 Å². The van der Waals surface area contributed by atoms with E-state index in [9.17, 15) is 4.39 Å². The number of methoxy groups -OCH3 is 2. The molecule has 2 rings (SSSR count). The topological polar surface area (TPSA) is 44.5 Å². The van der Waals surface area contributed by atoms with Crippen molar-refractivity contribution in [2.24, 2.45) is 5.73 Å². The van der Waals surface area contributed by atoms with Gasteiger partial charge in [0.2, 0.25) is 0 Å². The van der Waals surface area contributed by atoms with E-state index in [4.69, 9.17) is 15.2 Å². The highest BCUT2D eigenvalue weighted by molar-refractivity contribution is 5.53. The molecule has 0 aromatic heterocycles. The second-order valence-corrected chi connectivity index (χ2v) is 5.07. The molecule has 1 saturated carbocycles. The summed E-state index contributed by atoms with van der Waals surface area (Å²) in [5.41, 5.74) is 7.31. The van der Waals surface area contributed by atoms with E-state index < -0.39 is 0 Å². The number of hydrogen-bond acceptors (Lipinski definition) is 3. The number of nitrogens with two attached hydrogens (primary N) is 1. The molecule has 0 saturated heterocycles. The molecule has 3 nitrogen and oxygen atoms in total. The van der Waals surface area contributed by atoms with Crippen LogP contribution in [-0.2, 0) is 5.41 Å². The summed E-state index contributed by atoms with van der Waals surface area (Å²) < 4.78 is 24.9. The van der Waals surface area contributed by atoms with E-state index in [0.717, 1.165) is 18.4 Å². The van der Waals surface area contributed by atoms with Crippen LogP contribution in [0.3, 0.4) is 0 Å². The minimum Gasteiger partial charge on any atom is -0.492 e. The Morgan fingerprint density at radius 3 is 2.22 bits per heavy atom. The van der Waals surface area contributed by atoms with Gasteiger partial charge >= 0.3 is 0 Å². The molecule has 1 atom stereocenters. The van der Waals surface area contributed by atoms with E-state index in [2.05, 4.69) is 0 Å². The molecular formula is C14H20FNO2. The summed E-state index contributed by atoms with van der Waals surface area (Å²) in [6.07, 6.45) is 1.85. The molecule has 18 heavy (non-hydrogen) atoms. The van der Waals surface area contributed by atoms with Gasteiger partial charge in [0.1, 0.15) is 0 Å². The summed E-state index contributed by atoms with van der Waals surface area (Å²) >= 11 is 0. The lowest BCUT2D eigenvalue weighted by molar-refractivity contribution is 0.331. The second-order valence-electron chi connectivity index (χ2n) is 5.07. The van der Waals surface area contributed by atoms with E-state index in [1.54, 1.807) is 0 Å². The Hall–Kier alpha value is -1.29. The molecule has 0 spiro atoms. The first-order valence-corrected chi connectivity index (χ1v) is 6.15. The Kier molecular flexibility index (Phi) is 3.23. The zero-order valence-corrected chi connectivity index (χ0v) is 11.3. The molecule has 1 aromatic rings. The van der Waals surface area contributed by atoms with Crippen molar-refractivity contribution in [2.45, 2.75) is 38.1 Å². The molecule has 1 aliphatic carbocycles. The third-order valence-electron chi connectivity index (χ3n) is 3.97. The zero-order chi connectivity index (χ0) is 13.5. The van der Waals surface area contributed by atoms with Crippen LogP contribution in [0, 0.1) is 12.7 Å². The normalized spacial score (nSPS) is 18.3. The van der Waals surface area contributed by atoms with Gasteiger partial charge in [0, 0.05) is 11.5 Å². The molecule has 1 unspecified atom stereocenters. The minimum atomic E-state index is -0.338. The molecule has 0 bridgehead atoms. The first-order chi connectivity index (χ1) is 8.47. The van der Waals surface area contributed by atoms with Crippen molar-refractivity contribution in [1.29, 1.82) is 0 Å². The highest BCUT2D eigenvalue weighted by Crippen LogP contribution is 2.53. The van der Waals surface area contributed by atoms with Crippen molar-refractivity contribution >= 4 is 0 Å². The van der Waals surface area contributed by atoms with Gasteiger partial charge in [-0.25, -0.2) is 4.39 Å². The summed E-state index contributed by atoms with van der Waals surface area (Å²) in [7, 11) is 2.97. The average molecular weight is 253 g/mol. The van der Waals surface area contributed by atoms with Crippen molar-refractivity contribution in [2.75, 3.05) is 14.2 Å². The van der Waals surface area contributed by atoms with Gasteiger partial charge in [0.15, 0.2) is 17.3 Å². The SMILES string of the molecule is COc1c(C)cc(C2(C(C)N)CC2)c(F)c1OC. The molecule has 1 fully saturated rings. The quantitative estimate of drug-likeness (QED) is 0.896. The number of benzene rings is 1. The lowest BCUT2D eigenvalue weighted by atomic mass is 9.87. The summed E-state index contributed by atoms with van der Waals surface area (Å²) in [5.74, 6) is 0.299. The number of ether oxygens (including phenoxy) is 2. The van der Waals surface area contributed by atoms with E-state index in [1.807, 2.05) is 19.9 Å². The van der Waals surface area contributed by atoms with Gasteiger partial charge in [-0.3, -0.25) is 0 Å². The van der Waals surface area contributed by atoms with Crippen LogP contribution in [-0.4, -0.2) is 20.3 Å². The first-order valence-electron chi connectivity index (χ1n) is 6.15. The van der Waals surface area contributed by atoms with E-state index in [-0.39, 0.29) is 23.0 Å². The largest absolute Gasteiger partial charge is 0.492 e. The van der Waals surface area contributed by atoms with Gasteiger partial charge in [-0.1, -0.05) is 0 Å². The number of hydrogen-bond donors (Lipinski definition) is 1. The van der Waals surface area contributed by atoms with Crippen molar-refractivity contribution < 1.29 is 13.9 Å². The molecule has 4 heteroatoms. The van der Waals surface area contributed by atoms with Gasteiger partial charge in [0.25, 0.3) is 0 Å². The van der Waals surface area contributed by atoms with Crippen LogP contribution in [0.1, 0.15) is 30.9 Å². The van der Waals surface area contributed by atoms with Crippen LogP contribution < -0.4 is 15.2 Å². The van der Waals surface area contributed by atoms with E-state index in [1.165, 1.54) is 14.2 Å². The maximum absolute atomic E-state index is 14.5. The molecule has 0 aliphatic heterocycles. The Morgan fingerprint density at radius 2 is 1.83 bits per heavy atom. The van der Waals surface area contributed by atoms with Gasteiger partial charge in [-0.15, -0.1) is 0 Å². The van der Waals surface area contributed by atoms with Crippen LogP contribution in [0.4, 0.5) is 4.39 Å². The van der Waals surface area contributed by atoms with Gasteiger partial charge in [-0.2, -0.15) is 0 Å². The Balaban J connectivity index is 2.61. The molecule has 0 heterocycles. The van der Waals surface area contributed by atoms with Crippen LogP contribution in [0.25, 0.3) is 0 Å². The zero-order valence-electron chi connectivity index (χ0n) is 11.3. The fourth-order valence-corrected chi connectivity index (χ4v) is 2.65. The fraction of sp³-hybridized carbons (Fsp3) is 0.571. The number of aryl methyl sites for hydroxylation is 1. The predicted molar refractivity (Wildman–Crippen MR) is 68.8 cm³/mol. The van der Waals surface area contributed by atoms with Crippen LogP contribution >= 0.6 is 0 Å². The summed E-state index contributed by atoms with van der Waals surface area (Å²) in [6, 6.07) is 1.78. The summed E-state index contributed by atoms with van der Waals surface area (Å²) in [4.78, 5) is 0. The molecule has 0 radical (unpaired) electrons. The van der Waals surface area contributed by atoms with Gasteiger partial charge in [0.05, 0.1) is 14.2 Å². The summed E-state index contributed by atoms with van der Waals surface area (Å²) in [6.45, 7) is 3.82. The van der Waals surface area contributed by atoms with Crippen LogP contribution in [0.5, 0.6) is 11.5 Å². The summed E-state index contributed by atoms with van der Waals surface area (Å²) in [5, 5.41) is 0. The molecule has 1 aliphatic rings. The fourth-order valence-electron chi connectivity index (χ4n) is 2.65. The van der Waals surface area contributed by atoms with Gasteiger partial charge < -0.3 is 15.2 Å². The molecule has 1 aromatic carbocycles. The lowest BCUT2D eigenvalue weighted by Crippen LogP contribution is -2.32. The highest BCUT2D eigenvalue weighted by Gasteiger charge is 2.50. The molecule has 100 valence electrons. The maximum Gasteiger partial charge on any atom is 0.197 e. The maximum atomic E-state index is 14.5. The van der Waals surface area contributed by atoms with Crippen molar-refractivity contribution in [1.82, 2.24) is 0 Å². The smallest absolute Gasteiger partial charge is 0.197 e. The first kappa shape index (κ1) is 13.1. The molecule has 0 amide bonds. The Bertz CT molecular complexity index is 467. The number of halogens is 1. The molecular weight excluding hydrogens is 233 g/mol. The third-order valence-corrected chi connectivity index (χ3v) is 3.97. The number of rotatable bonds is 4. The van der Waals surface area contributed by atoms with Crippen LogP contribution in [0.2, 0.25) is 0 Å². The highest BCUT2D eigenvalue weighted by atomic mass is 19.1. The van der Waals surface area contributed by atoms with E-state index >= 15 is 0 Å². The predicted octanol–water partition coefficient (Wildman–Crippen LogP) is 2.53. The second kappa shape index (κ2) is 4.43. The minimum absolute atomic E-state index is 0.0653. The van der Waals surface area contributed by atoms with Crippen molar-refractivity contribution in [3.63, 3.8) is 0 Å². The monoisotopic (exact) mass is 253 g/mol. The van der Waals surface area contributed by atoms with E-state index in [0.29, 0.717) is 11.3 Å². The van der Waals surface area contributed by atoms with Crippen LogP contribution in [0.15, 0.2) is 6.07 Å². The Morgan fingerprint density at radius 1 is 1.28 bits per heavy atom. The molecule has 2 N–H and O–H groups in total. The standard InChI is InChI=1S/C14H20FNO2/c1-8-7-10(14(5-6-14)9(2)16)11(15)13(18-4)12(8)17-3/h7,9H,5-6,16H2,1-4H3.